The third-order valence-electron chi connectivity index (χ3n) is 6.37. The van der Waals surface area contributed by atoms with Crippen LogP contribution < -0.4 is 0 Å². The van der Waals surface area contributed by atoms with Gasteiger partial charge in [0.1, 0.15) is 5.75 Å². The van der Waals surface area contributed by atoms with Gasteiger partial charge in [0.05, 0.1) is 5.56 Å². The third kappa shape index (κ3) is 1.84. The number of carboxylic acids is 1. The highest BCUT2D eigenvalue weighted by atomic mass is 16.4. The average Bonchev–Trinajstić information content (AvgIpc) is 2.88. The number of rotatable bonds is 1. The Kier molecular flexibility index (Phi) is 2.91. The van der Waals surface area contributed by atoms with E-state index in [1.807, 2.05) is 0 Å². The van der Waals surface area contributed by atoms with E-state index in [-0.39, 0.29) is 11.3 Å². The predicted molar refractivity (Wildman–Crippen MR) is 84.2 cm³/mol. The van der Waals surface area contributed by atoms with Gasteiger partial charge in [-0.2, -0.15) is 0 Å². The zero-order chi connectivity index (χ0) is 15.5. The first-order chi connectivity index (χ1) is 10.5. The summed E-state index contributed by atoms with van der Waals surface area (Å²) in [6.07, 6.45) is 10.1. The molecule has 1 fully saturated rings. The second-order valence-electron chi connectivity index (χ2n) is 7.47. The van der Waals surface area contributed by atoms with Crippen molar-refractivity contribution in [3.63, 3.8) is 0 Å². The van der Waals surface area contributed by atoms with Crippen molar-refractivity contribution >= 4 is 5.97 Å². The molecule has 0 saturated heterocycles. The van der Waals surface area contributed by atoms with Gasteiger partial charge in [-0.1, -0.05) is 19.1 Å². The predicted octanol–water partition coefficient (Wildman–Crippen LogP) is 4.11. The summed E-state index contributed by atoms with van der Waals surface area (Å²) >= 11 is 0. The van der Waals surface area contributed by atoms with Crippen LogP contribution in [0.4, 0.5) is 0 Å². The summed E-state index contributed by atoms with van der Waals surface area (Å²) in [5.41, 5.74) is 2.62. The summed E-state index contributed by atoms with van der Waals surface area (Å²) in [5.74, 6) is 0.918. The highest BCUT2D eigenvalue weighted by molar-refractivity contribution is 5.88. The van der Waals surface area contributed by atoms with Gasteiger partial charge in [0.15, 0.2) is 0 Å². The molecule has 0 unspecified atom stereocenters. The summed E-state index contributed by atoms with van der Waals surface area (Å²) in [6, 6.07) is 3.21. The van der Waals surface area contributed by atoms with Crippen LogP contribution >= 0.6 is 0 Å². The number of phenolic OH excluding ortho intramolecular Hbond substituents is 1. The Morgan fingerprint density at radius 1 is 1.32 bits per heavy atom. The largest absolute Gasteiger partial charge is 0.508 e. The van der Waals surface area contributed by atoms with Crippen LogP contribution in [0.2, 0.25) is 0 Å². The molecule has 3 aliphatic rings. The number of hydrogen-bond donors (Lipinski definition) is 2. The zero-order valence-electron chi connectivity index (χ0n) is 12.9. The Morgan fingerprint density at radius 3 is 2.91 bits per heavy atom. The van der Waals surface area contributed by atoms with E-state index in [2.05, 4.69) is 19.1 Å². The summed E-state index contributed by atoms with van der Waals surface area (Å²) in [7, 11) is 0. The molecule has 1 saturated carbocycles. The van der Waals surface area contributed by atoms with E-state index in [4.69, 9.17) is 0 Å². The Morgan fingerprint density at radius 2 is 2.14 bits per heavy atom. The van der Waals surface area contributed by atoms with Gasteiger partial charge >= 0.3 is 5.97 Å². The van der Waals surface area contributed by atoms with Crippen LogP contribution in [0.1, 0.15) is 60.0 Å². The third-order valence-corrected chi connectivity index (χ3v) is 6.37. The lowest BCUT2D eigenvalue weighted by Gasteiger charge is -2.49. The van der Waals surface area contributed by atoms with E-state index < -0.39 is 5.97 Å². The van der Waals surface area contributed by atoms with Crippen molar-refractivity contribution in [2.24, 2.45) is 17.3 Å². The molecule has 0 amide bonds. The maximum absolute atomic E-state index is 11.2. The van der Waals surface area contributed by atoms with E-state index in [1.165, 1.54) is 6.07 Å². The molecule has 0 aliphatic heterocycles. The number of carbonyl (C=O) groups is 1. The van der Waals surface area contributed by atoms with Gasteiger partial charge in [0, 0.05) is 5.56 Å². The molecule has 0 radical (unpaired) electrons. The lowest BCUT2D eigenvalue weighted by molar-refractivity contribution is 0.0694. The first kappa shape index (κ1) is 13.9. The van der Waals surface area contributed by atoms with Gasteiger partial charge < -0.3 is 10.2 Å². The molecular formula is C19H22O3. The monoisotopic (exact) mass is 298 g/mol. The number of aryl methyl sites for hydroxylation is 1. The molecule has 0 aromatic heterocycles. The van der Waals surface area contributed by atoms with Crippen molar-refractivity contribution in [3.8, 4) is 5.75 Å². The van der Waals surface area contributed by atoms with Crippen molar-refractivity contribution < 1.29 is 15.0 Å². The summed E-state index contributed by atoms with van der Waals surface area (Å²) in [5, 5.41) is 19.6. The van der Waals surface area contributed by atoms with E-state index in [1.54, 1.807) is 6.07 Å². The van der Waals surface area contributed by atoms with Gasteiger partial charge in [-0.3, -0.25) is 0 Å². The molecule has 22 heavy (non-hydrogen) atoms. The smallest absolute Gasteiger partial charge is 0.335 e. The highest BCUT2D eigenvalue weighted by Gasteiger charge is 2.49. The number of aromatic carboxylic acids is 1. The van der Waals surface area contributed by atoms with Crippen molar-refractivity contribution in [1.82, 2.24) is 0 Å². The second-order valence-corrected chi connectivity index (χ2v) is 7.47. The van der Waals surface area contributed by atoms with Crippen molar-refractivity contribution in [2.75, 3.05) is 0 Å². The van der Waals surface area contributed by atoms with Gasteiger partial charge in [-0.15, -0.1) is 0 Å². The van der Waals surface area contributed by atoms with E-state index in [9.17, 15) is 15.0 Å². The van der Waals surface area contributed by atoms with Crippen LogP contribution in [0.5, 0.6) is 5.75 Å². The van der Waals surface area contributed by atoms with Crippen LogP contribution in [-0.4, -0.2) is 16.2 Å². The molecule has 0 heterocycles. The fourth-order valence-corrected chi connectivity index (χ4v) is 5.31. The fourth-order valence-electron chi connectivity index (χ4n) is 5.31. The summed E-state index contributed by atoms with van der Waals surface area (Å²) in [6.45, 7) is 2.38. The number of hydrogen-bond acceptors (Lipinski definition) is 2. The summed E-state index contributed by atoms with van der Waals surface area (Å²) in [4.78, 5) is 11.2. The Hall–Kier alpha value is -1.77. The molecule has 3 nitrogen and oxygen atoms in total. The molecule has 2 N–H and O–H groups in total. The van der Waals surface area contributed by atoms with Gasteiger partial charge in [0.25, 0.3) is 0 Å². The van der Waals surface area contributed by atoms with E-state index in [0.29, 0.717) is 23.2 Å². The molecule has 1 aromatic carbocycles. The molecule has 116 valence electrons. The zero-order valence-corrected chi connectivity index (χ0v) is 12.9. The minimum absolute atomic E-state index is 0.194. The van der Waals surface area contributed by atoms with Gasteiger partial charge in [-0.25, -0.2) is 4.79 Å². The first-order valence-electron chi connectivity index (χ1n) is 8.26. The number of benzene rings is 1. The SMILES string of the molecule is C[C@@]12C=CC[C@H]1[C@@H]1CCc3cc(C(=O)O)cc(O)c3[C@H]1CC2. The lowest BCUT2D eigenvalue weighted by atomic mass is 9.55. The van der Waals surface area contributed by atoms with Crippen LogP contribution in [0.25, 0.3) is 0 Å². The average molecular weight is 298 g/mol. The maximum Gasteiger partial charge on any atom is 0.335 e. The minimum Gasteiger partial charge on any atom is -0.508 e. The molecular weight excluding hydrogens is 276 g/mol. The number of fused-ring (bicyclic) bond motifs is 5. The molecule has 3 heteroatoms. The standard InChI is InChI=1S/C19H22O3/c1-19-7-2-3-15(19)13-5-4-11-9-12(18(21)22)10-16(20)17(11)14(13)6-8-19/h2,7,9-10,13-15,20H,3-6,8H2,1H3,(H,21,22)/t13-,14+,15+,19+/m1/s1. The normalized spacial score (nSPS) is 35.6. The molecule has 1 aromatic rings. The van der Waals surface area contributed by atoms with Crippen LogP contribution in [-0.2, 0) is 6.42 Å². The van der Waals surface area contributed by atoms with E-state index >= 15 is 0 Å². The molecule has 0 bridgehead atoms. The first-order valence-corrected chi connectivity index (χ1v) is 8.26. The molecule has 4 rings (SSSR count). The second kappa shape index (κ2) is 4.61. The topological polar surface area (TPSA) is 57.5 Å². The fraction of sp³-hybridized carbons (Fsp3) is 0.526. The van der Waals surface area contributed by atoms with Crippen LogP contribution in [0.15, 0.2) is 24.3 Å². The van der Waals surface area contributed by atoms with Crippen molar-refractivity contribution in [3.05, 3.63) is 41.0 Å². The van der Waals surface area contributed by atoms with Crippen LogP contribution in [0, 0.1) is 17.3 Å². The highest BCUT2D eigenvalue weighted by Crippen LogP contribution is 2.59. The molecule has 4 atom stereocenters. The number of carboxylic acid groups (broad SMARTS) is 1. The minimum atomic E-state index is -0.962. The Labute approximate surface area is 130 Å². The van der Waals surface area contributed by atoms with Crippen molar-refractivity contribution in [1.29, 1.82) is 0 Å². The Balaban J connectivity index is 1.75. The lowest BCUT2D eigenvalue weighted by Crippen LogP contribution is -2.39. The van der Waals surface area contributed by atoms with Gasteiger partial charge in [0.2, 0.25) is 0 Å². The van der Waals surface area contributed by atoms with E-state index in [0.717, 1.165) is 43.2 Å². The summed E-state index contributed by atoms with van der Waals surface area (Å²) < 4.78 is 0. The molecule has 3 aliphatic carbocycles. The van der Waals surface area contributed by atoms with Crippen LogP contribution in [0.3, 0.4) is 0 Å². The number of allylic oxidation sites excluding steroid dienone is 2. The quantitative estimate of drug-likeness (QED) is 0.767. The van der Waals surface area contributed by atoms with Gasteiger partial charge in [-0.05, 0) is 73.0 Å². The van der Waals surface area contributed by atoms with Crippen molar-refractivity contribution in [2.45, 2.75) is 44.9 Å². The number of aromatic hydroxyl groups is 1. The Bertz CT molecular complexity index is 676. The maximum atomic E-state index is 11.2. The molecule has 0 spiro atoms. The number of phenols is 1.